The van der Waals surface area contributed by atoms with Crippen LogP contribution >= 0.6 is 0 Å². The van der Waals surface area contributed by atoms with Gasteiger partial charge in [-0.1, -0.05) is 49.8 Å². The molecular weight excluding hydrogens is 304 g/mol. The zero-order chi connectivity index (χ0) is 17.0. The van der Waals surface area contributed by atoms with E-state index in [4.69, 9.17) is 0 Å². The quantitative estimate of drug-likeness (QED) is 0.641. The van der Waals surface area contributed by atoms with Gasteiger partial charge in [-0.3, -0.25) is 4.79 Å². The maximum atomic E-state index is 13.6. The fraction of sp³-hybridized carbons (Fsp3) is 0.458. The SMILES string of the molecule is CCCCc1cccc2cc3c(cc12)C(=O)C1(CC3)CC2C=CC1C2. The molecule has 2 aromatic carbocycles. The maximum absolute atomic E-state index is 13.6. The number of Topliss-reactive ketones (excluding diaryl/α,β-unsaturated/α-hetero) is 1. The van der Waals surface area contributed by atoms with E-state index in [0.717, 1.165) is 31.2 Å². The van der Waals surface area contributed by atoms with Crippen LogP contribution in [0.25, 0.3) is 10.8 Å². The number of hydrogen-bond acceptors (Lipinski definition) is 1. The normalized spacial score (nSPS) is 29.7. The van der Waals surface area contributed by atoms with Crippen LogP contribution in [0, 0.1) is 17.3 Å². The molecule has 0 saturated heterocycles. The van der Waals surface area contributed by atoms with Crippen molar-refractivity contribution < 1.29 is 4.79 Å². The van der Waals surface area contributed by atoms with Gasteiger partial charge in [0.2, 0.25) is 0 Å². The first kappa shape index (κ1) is 15.4. The van der Waals surface area contributed by atoms with Crippen LogP contribution in [0.3, 0.4) is 0 Å². The molecule has 3 unspecified atom stereocenters. The summed E-state index contributed by atoms with van der Waals surface area (Å²) in [6.07, 6.45) is 12.6. The zero-order valence-corrected chi connectivity index (χ0v) is 15.1. The standard InChI is InChI=1S/C24H26O/c1-2-3-5-17-6-4-7-18-13-19-10-11-24(15-16-8-9-20(24)12-16)23(25)22(19)14-21(17)18/h4,6-9,13-14,16,20H,2-3,5,10-12,15H2,1H3. The highest BCUT2D eigenvalue weighted by atomic mass is 16.1. The summed E-state index contributed by atoms with van der Waals surface area (Å²) in [7, 11) is 0. The molecule has 0 aliphatic heterocycles. The third kappa shape index (κ3) is 2.18. The van der Waals surface area contributed by atoms with Crippen molar-refractivity contribution in [3.8, 4) is 0 Å². The number of aryl methyl sites for hydroxylation is 2. The minimum absolute atomic E-state index is 0.0849. The highest BCUT2D eigenvalue weighted by Gasteiger charge is 2.54. The molecule has 1 heteroatoms. The van der Waals surface area contributed by atoms with Crippen molar-refractivity contribution >= 4 is 16.6 Å². The summed E-state index contributed by atoms with van der Waals surface area (Å²) in [6, 6.07) is 11.2. The summed E-state index contributed by atoms with van der Waals surface area (Å²) in [5, 5.41) is 2.61. The molecule has 0 radical (unpaired) electrons. The molecule has 0 heterocycles. The predicted octanol–water partition coefficient (Wildman–Crippen LogP) is 5.89. The van der Waals surface area contributed by atoms with Crippen molar-refractivity contribution in [3.05, 3.63) is 59.2 Å². The number of allylic oxidation sites excluding steroid dienone is 2. The topological polar surface area (TPSA) is 17.1 Å². The Balaban J connectivity index is 1.62. The molecule has 1 nitrogen and oxygen atoms in total. The van der Waals surface area contributed by atoms with Crippen LogP contribution in [-0.2, 0) is 12.8 Å². The molecule has 3 aliphatic rings. The van der Waals surface area contributed by atoms with Gasteiger partial charge < -0.3 is 0 Å². The number of benzene rings is 2. The van der Waals surface area contributed by atoms with E-state index in [1.165, 1.54) is 41.2 Å². The molecular formula is C24H26O. The van der Waals surface area contributed by atoms with E-state index in [9.17, 15) is 4.79 Å². The molecule has 2 bridgehead atoms. The summed E-state index contributed by atoms with van der Waals surface area (Å²) in [5.74, 6) is 1.58. The van der Waals surface area contributed by atoms with Crippen molar-refractivity contribution in [2.24, 2.45) is 17.3 Å². The number of carbonyl (C=O) groups excluding carboxylic acids is 1. The second-order valence-electron chi connectivity index (χ2n) is 8.43. The summed E-state index contributed by atoms with van der Waals surface area (Å²) in [4.78, 5) is 13.6. The van der Waals surface area contributed by atoms with Crippen molar-refractivity contribution in [3.63, 3.8) is 0 Å². The highest BCUT2D eigenvalue weighted by Crippen LogP contribution is 2.57. The second kappa shape index (κ2) is 5.56. The first-order valence-corrected chi connectivity index (χ1v) is 9.99. The van der Waals surface area contributed by atoms with Gasteiger partial charge in [0.25, 0.3) is 0 Å². The molecule has 1 fully saturated rings. The molecule has 25 heavy (non-hydrogen) atoms. The zero-order valence-electron chi connectivity index (χ0n) is 15.1. The smallest absolute Gasteiger partial charge is 0.169 e. The van der Waals surface area contributed by atoms with Crippen molar-refractivity contribution in [1.29, 1.82) is 0 Å². The lowest BCUT2D eigenvalue weighted by atomic mass is 9.63. The van der Waals surface area contributed by atoms with Crippen LogP contribution in [0.15, 0.2) is 42.5 Å². The third-order valence-corrected chi connectivity index (χ3v) is 7.04. The molecule has 0 aromatic heterocycles. The van der Waals surface area contributed by atoms with E-state index in [2.05, 4.69) is 49.4 Å². The Morgan fingerprint density at radius 3 is 2.88 bits per heavy atom. The fourth-order valence-electron chi connectivity index (χ4n) is 5.68. The van der Waals surface area contributed by atoms with Gasteiger partial charge in [0.15, 0.2) is 5.78 Å². The van der Waals surface area contributed by atoms with Gasteiger partial charge >= 0.3 is 0 Å². The molecule has 128 valence electrons. The largest absolute Gasteiger partial charge is 0.294 e. The fourth-order valence-corrected chi connectivity index (χ4v) is 5.68. The molecule has 3 atom stereocenters. The highest BCUT2D eigenvalue weighted by molar-refractivity contribution is 6.06. The Morgan fingerprint density at radius 1 is 1.20 bits per heavy atom. The van der Waals surface area contributed by atoms with E-state index in [0.29, 0.717) is 17.6 Å². The lowest BCUT2D eigenvalue weighted by Gasteiger charge is -2.38. The van der Waals surface area contributed by atoms with E-state index < -0.39 is 0 Å². The molecule has 0 amide bonds. The van der Waals surface area contributed by atoms with E-state index in [1.807, 2.05) is 0 Å². The van der Waals surface area contributed by atoms with Gasteiger partial charge in [-0.05, 0) is 78.3 Å². The first-order valence-electron chi connectivity index (χ1n) is 9.99. The number of fused-ring (bicyclic) bond motifs is 5. The average molecular weight is 330 g/mol. The van der Waals surface area contributed by atoms with Crippen molar-refractivity contribution in [2.75, 3.05) is 0 Å². The Morgan fingerprint density at radius 2 is 2.12 bits per heavy atom. The molecule has 1 saturated carbocycles. The monoisotopic (exact) mass is 330 g/mol. The first-order chi connectivity index (χ1) is 12.2. The second-order valence-corrected chi connectivity index (χ2v) is 8.43. The lowest BCUT2D eigenvalue weighted by molar-refractivity contribution is 0.0703. The predicted molar refractivity (Wildman–Crippen MR) is 103 cm³/mol. The van der Waals surface area contributed by atoms with Gasteiger partial charge in [0, 0.05) is 11.0 Å². The van der Waals surface area contributed by atoms with Crippen LogP contribution in [-0.4, -0.2) is 5.78 Å². The molecule has 3 aliphatic carbocycles. The van der Waals surface area contributed by atoms with Crippen LogP contribution in [0.4, 0.5) is 0 Å². The molecule has 1 spiro atoms. The molecule has 5 rings (SSSR count). The summed E-state index contributed by atoms with van der Waals surface area (Å²) < 4.78 is 0. The maximum Gasteiger partial charge on any atom is 0.169 e. The average Bonchev–Trinajstić information content (AvgIpc) is 3.24. The Kier molecular flexibility index (Phi) is 3.42. The number of hydrogen-bond donors (Lipinski definition) is 0. The van der Waals surface area contributed by atoms with Crippen LogP contribution in [0.2, 0.25) is 0 Å². The molecule has 2 aromatic rings. The lowest BCUT2D eigenvalue weighted by Crippen LogP contribution is -2.39. The van der Waals surface area contributed by atoms with Crippen molar-refractivity contribution in [2.45, 2.75) is 51.9 Å². The van der Waals surface area contributed by atoms with E-state index >= 15 is 0 Å². The molecule has 0 N–H and O–H groups in total. The Bertz CT molecular complexity index is 890. The number of unbranched alkanes of at least 4 members (excludes halogenated alkanes) is 1. The summed E-state index contributed by atoms with van der Waals surface area (Å²) in [5.41, 5.74) is 3.63. The van der Waals surface area contributed by atoms with Gasteiger partial charge in [-0.2, -0.15) is 0 Å². The van der Waals surface area contributed by atoms with Crippen LogP contribution < -0.4 is 0 Å². The van der Waals surface area contributed by atoms with E-state index in [1.54, 1.807) is 0 Å². The van der Waals surface area contributed by atoms with Gasteiger partial charge in [0.05, 0.1) is 0 Å². The minimum atomic E-state index is -0.0849. The number of ketones is 1. The van der Waals surface area contributed by atoms with Crippen molar-refractivity contribution in [1.82, 2.24) is 0 Å². The third-order valence-electron chi connectivity index (χ3n) is 7.04. The van der Waals surface area contributed by atoms with Gasteiger partial charge in [-0.15, -0.1) is 0 Å². The summed E-state index contributed by atoms with van der Waals surface area (Å²) in [6.45, 7) is 2.24. The van der Waals surface area contributed by atoms with Crippen LogP contribution in [0.1, 0.15) is 60.5 Å². The van der Waals surface area contributed by atoms with E-state index in [-0.39, 0.29) is 5.41 Å². The number of carbonyl (C=O) groups is 1. The summed E-state index contributed by atoms with van der Waals surface area (Å²) >= 11 is 0. The van der Waals surface area contributed by atoms with Gasteiger partial charge in [0.1, 0.15) is 0 Å². The Hall–Kier alpha value is -1.89. The van der Waals surface area contributed by atoms with Gasteiger partial charge in [-0.25, -0.2) is 0 Å². The Labute approximate surface area is 150 Å². The number of rotatable bonds is 3. The minimum Gasteiger partial charge on any atom is -0.294 e. The van der Waals surface area contributed by atoms with Crippen LogP contribution in [0.5, 0.6) is 0 Å².